The van der Waals surface area contributed by atoms with Gasteiger partial charge in [-0.1, -0.05) is 55.6 Å². The standard InChI is InChI=1S/C20H24Cl2O4/c1-2-3-8-20(13-6-4-5-7-13)10-12-9-14(26-11-15(23)24)17(21)18(22)16(12)19(20)25/h9,13H,2-8,10-11H2,1H3,(H,23,24)/t20-/m1/s1/i1D3,2D2,3D2,8D2. The third kappa shape index (κ3) is 3.34. The maximum atomic E-state index is 14.0. The van der Waals surface area contributed by atoms with Crippen LogP contribution in [-0.2, 0) is 11.2 Å². The molecular formula is C20H24Cl2O4. The first-order valence-electron chi connectivity index (χ1n) is 12.7. The average Bonchev–Trinajstić information content (AvgIpc) is 3.35. The number of benzene rings is 1. The molecule has 2 aliphatic rings. The van der Waals surface area contributed by atoms with E-state index in [0.29, 0.717) is 25.7 Å². The van der Waals surface area contributed by atoms with Gasteiger partial charge in [-0.25, -0.2) is 4.79 Å². The lowest BCUT2D eigenvalue weighted by Gasteiger charge is -2.34. The minimum Gasteiger partial charge on any atom is -0.480 e. The molecule has 0 saturated heterocycles. The van der Waals surface area contributed by atoms with Gasteiger partial charge < -0.3 is 9.84 Å². The van der Waals surface area contributed by atoms with Crippen LogP contribution in [0.2, 0.25) is 10.0 Å². The number of carbonyl (C=O) groups is 2. The summed E-state index contributed by atoms with van der Waals surface area (Å²) in [7, 11) is 0. The predicted octanol–water partition coefficient (Wildman–Crippen LogP) is 5.56. The number of carbonyl (C=O) groups excluding carboxylic acids is 1. The lowest BCUT2D eigenvalue weighted by Crippen LogP contribution is -2.35. The summed E-state index contributed by atoms with van der Waals surface area (Å²) in [6.45, 7) is -4.28. The van der Waals surface area contributed by atoms with Crippen LogP contribution in [0.5, 0.6) is 5.75 Å². The number of Topliss-reactive ketones (excluding diaryl/α,β-unsaturated/α-hetero) is 1. The smallest absolute Gasteiger partial charge is 0.341 e. The van der Waals surface area contributed by atoms with Gasteiger partial charge in [0, 0.05) is 23.3 Å². The van der Waals surface area contributed by atoms with Crippen LogP contribution in [0.15, 0.2) is 6.07 Å². The van der Waals surface area contributed by atoms with Crippen molar-refractivity contribution >= 4 is 35.0 Å². The van der Waals surface area contributed by atoms with Crippen LogP contribution in [0.1, 0.15) is 79.9 Å². The highest BCUT2D eigenvalue weighted by Crippen LogP contribution is 2.54. The molecule has 0 radical (unpaired) electrons. The molecule has 1 atom stereocenters. The third-order valence-electron chi connectivity index (χ3n) is 5.11. The van der Waals surface area contributed by atoms with Crippen LogP contribution in [0.4, 0.5) is 0 Å². The number of ether oxygens (including phenoxy) is 1. The van der Waals surface area contributed by atoms with Crippen molar-refractivity contribution in [3.8, 4) is 5.75 Å². The Morgan fingerprint density at radius 2 is 2.15 bits per heavy atom. The lowest BCUT2D eigenvalue weighted by atomic mass is 9.68. The van der Waals surface area contributed by atoms with E-state index >= 15 is 0 Å². The molecule has 2 aliphatic carbocycles. The summed E-state index contributed by atoms with van der Waals surface area (Å²) < 4.78 is 78.5. The number of aliphatic carboxylic acids is 1. The Labute approximate surface area is 176 Å². The highest BCUT2D eigenvalue weighted by atomic mass is 35.5. The number of hydrogen-bond donors (Lipinski definition) is 1. The van der Waals surface area contributed by atoms with Crippen molar-refractivity contribution in [3.63, 3.8) is 0 Å². The van der Waals surface area contributed by atoms with Gasteiger partial charge in [0.15, 0.2) is 12.4 Å². The molecule has 0 aromatic heterocycles. The Bertz CT molecular complexity index is 1050. The van der Waals surface area contributed by atoms with Crippen LogP contribution in [0.3, 0.4) is 0 Å². The highest BCUT2D eigenvalue weighted by Gasteiger charge is 2.51. The molecule has 4 nitrogen and oxygen atoms in total. The van der Waals surface area contributed by atoms with E-state index in [2.05, 4.69) is 0 Å². The SMILES string of the molecule is [2H]C([2H])([2H])C([2H])([2H])C([2H])([2H])C([2H])([2H])[C@]1(C2CCCC2)Cc2cc(OCC(=O)O)c(Cl)c(Cl)c2C1=O. The number of ketones is 1. The average molecular weight is 408 g/mol. The van der Waals surface area contributed by atoms with E-state index < -0.39 is 62.1 Å². The normalized spacial score (nSPS) is 29.9. The van der Waals surface area contributed by atoms with Gasteiger partial charge in [0.25, 0.3) is 0 Å². The molecule has 1 N–H and O–H groups in total. The fourth-order valence-corrected chi connectivity index (χ4v) is 4.48. The van der Waals surface area contributed by atoms with Gasteiger partial charge in [-0.05, 0) is 43.2 Å². The molecule has 142 valence electrons. The van der Waals surface area contributed by atoms with Crippen molar-refractivity contribution in [2.45, 2.75) is 58.1 Å². The molecule has 6 heteroatoms. The maximum Gasteiger partial charge on any atom is 0.341 e. The summed E-state index contributed by atoms with van der Waals surface area (Å²) in [5.41, 5.74) is -2.21. The molecule has 26 heavy (non-hydrogen) atoms. The molecule has 3 rings (SSSR count). The molecule has 0 spiro atoms. The zero-order chi connectivity index (χ0) is 26.8. The highest BCUT2D eigenvalue weighted by molar-refractivity contribution is 6.45. The molecule has 0 amide bonds. The van der Waals surface area contributed by atoms with E-state index in [0.717, 1.165) is 0 Å². The fourth-order valence-electron chi connectivity index (χ4n) is 3.98. The number of hydrogen-bond acceptors (Lipinski definition) is 3. The molecule has 0 bridgehead atoms. The summed E-state index contributed by atoms with van der Waals surface area (Å²) in [4.78, 5) is 24.9. The minimum absolute atomic E-state index is 0.144. The molecule has 0 unspecified atom stereocenters. The second-order valence-electron chi connectivity index (χ2n) is 6.55. The van der Waals surface area contributed by atoms with Crippen LogP contribution >= 0.6 is 23.2 Å². The summed E-state index contributed by atoms with van der Waals surface area (Å²) in [6, 6.07) is 1.26. The molecule has 0 heterocycles. The number of rotatable bonds is 7. The van der Waals surface area contributed by atoms with Crippen LogP contribution in [0.25, 0.3) is 0 Å². The summed E-state index contributed by atoms with van der Waals surface area (Å²) in [5.74, 6) is -3.07. The van der Waals surface area contributed by atoms with Gasteiger partial charge in [0.1, 0.15) is 10.8 Å². The maximum absolute atomic E-state index is 14.0. The Hall–Kier alpha value is -1.26. The molecule has 1 saturated carbocycles. The van der Waals surface area contributed by atoms with Gasteiger partial charge >= 0.3 is 5.97 Å². The molecule has 0 aliphatic heterocycles. The zero-order valence-electron chi connectivity index (χ0n) is 22.8. The predicted molar refractivity (Wildman–Crippen MR) is 102 cm³/mol. The van der Waals surface area contributed by atoms with E-state index in [1.165, 1.54) is 6.07 Å². The van der Waals surface area contributed by atoms with Gasteiger partial charge in [-0.3, -0.25) is 4.79 Å². The fraction of sp³-hybridized carbons (Fsp3) is 0.600. The molecular weight excluding hydrogens is 375 g/mol. The summed E-state index contributed by atoms with van der Waals surface area (Å²) >= 11 is 12.6. The second-order valence-corrected chi connectivity index (χ2v) is 7.31. The first-order chi connectivity index (χ1) is 15.8. The van der Waals surface area contributed by atoms with E-state index in [-0.39, 0.29) is 26.9 Å². The lowest BCUT2D eigenvalue weighted by molar-refractivity contribution is -0.139. The van der Waals surface area contributed by atoms with Crippen LogP contribution in [0, 0.1) is 11.3 Å². The Morgan fingerprint density at radius 1 is 1.42 bits per heavy atom. The van der Waals surface area contributed by atoms with Crippen molar-refractivity contribution in [3.05, 3.63) is 27.2 Å². The minimum atomic E-state index is -3.64. The van der Waals surface area contributed by atoms with Crippen LogP contribution < -0.4 is 4.74 Å². The Kier molecular flexibility index (Phi) is 3.26. The number of fused-ring (bicyclic) bond motifs is 1. The quantitative estimate of drug-likeness (QED) is 0.641. The Balaban J connectivity index is 2.24. The van der Waals surface area contributed by atoms with Crippen molar-refractivity contribution in [1.29, 1.82) is 0 Å². The third-order valence-corrected chi connectivity index (χ3v) is 5.96. The van der Waals surface area contributed by atoms with E-state index in [9.17, 15) is 9.59 Å². The van der Waals surface area contributed by atoms with Crippen molar-refractivity contribution in [2.75, 3.05) is 6.61 Å². The van der Waals surface area contributed by atoms with Crippen LogP contribution in [-0.4, -0.2) is 23.5 Å². The van der Waals surface area contributed by atoms with E-state index in [1.807, 2.05) is 0 Å². The largest absolute Gasteiger partial charge is 0.480 e. The second kappa shape index (κ2) is 7.77. The molecule has 1 aromatic carbocycles. The van der Waals surface area contributed by atoms with Crippen molar-refractivity contribution in [2.24, 2.45) is 11.3 Å². The molecule has 1 aromatic rings. The number of carboxylic acid groups (broad SMARTS) is 1. The van der Waals surface area contributed by atoms with E-state index in [1.54, 1.807) is 0 Å². The number of halogens is 2. The number of carboxylic acids is 1. The molecule has 1 fully saturated rings. The van der Waals surface area contributed by atoms with E-state index in [4.69, 9.17) is 45.4 Å². The van der Waals surface area contributed by atoms with Gasteiger partial charge in [-0.15, -0.1) is 0 Å². The zero-order valence-corrected chi connectivity index (χ0v) is 15.3. The van der Waals surface area contributed by atoms with Gasteiger partial charge in [-0.2, -0.15) is 0 Å². The first-order valence-corrected chi connectivity index (χ1v) is 9.00. The van der Waals surface area contributed by atoms with Gasteiger partial charge in [0.05, 0.1) is 5.02 Å². The van der Waals surface area contributed by atoms with Gasteiger partial charge in [0.2, 0.25) is 0 Å². The first kappa shape index (κ1) is 10.9. The van der Waals surface area contributed by atoms with Crippen molar-refractivity contribution in [1.82, 2.24) is 0 Å². The monoisotopic (exact) mass is 407 g/mol. The Morgan fingerprint density at radius 3 is 2.81 bits per heavy atom. The summed E-state index contributed by atoms with van der Waals surface area (Å²) in [5, 5.41) is 8.32. The van der Waals surface area contributed by atoms with Crippen molar-refractivity contribution < 1.29 is 31.8 Å². The summed E-state index contributed by atoms with van der Waals surface area (Å²) in [6.07, 6.45) is -9.01. The topological polar surface area (TPSA) is 63.6 Å².